The van der Waals surface area contributed by atoms with E-state index in [9.17, 15) is 0 Å². The lowest BCUT2D eigenvalue weighted by molar-refractivity contribution is 0.221. The first-order valence-corrected chi connectivity index (χ1v) is 7.90. The summed E-state index contributed by atoms with van der Waals surface area (Å²) in [5.74, 6) is 1.77. The normalized spacial score (nSPS) is 13.6. The van der Waals surface area contributed by atoms with E-state index in [1.807, 2.05) is 0 Å². The number of thiol groups is 1. The SMILES string of the molecule is CCC(CS)CN(CC)CCCN(CC)CC. The van der Waals surface area contributed by atoms with Crippen molar-refractivity contribution >= 4 is 12.6 Å². The molecule has 0 radical (unpaired) electrons. The molecule has 0 aliphatic heterocycles. The van der Waals surface area contributed by atoms with Gasteiger partial charge in [-0.15, -0.1) is 0 Å². The zero-order valence-corrected chi connectivity index (χ0v) is 13.2. The summed E-state index contributed by atoms with van der Waals surface area (Å²) in [4.78, 5) is 5.08. The minimum absolute atomic E-state index is 0.756. The molecule has 0 rings (SSSR count). The molecule has 17 heavy (non-hydrogen) atoms. The molecule has 0 fully saturated rings. The highest BCUT2D eigenvalue weighted by molar-refractivity contribution is 7.80. The molecule has 0 amide bonds. The topological polar surface area (TPSA) is 6.48 Å². The Morgan fingerprint density at radius 1 is 0.882 bits per heavy atom. The molecule has 1 unspecified atom stereocenters. The van der Waals surface area contributed by atoms with Crippen LogP contribution in [-0.2, 0) is 0 Å². The van der Waals surface area contributed by atoms with Gasteiger partial charge in [0, 0.05) is 6.54 Å². The van der Waals surface area contributed by atoms with Gasteiger partial charge in [-0.2, -0.15) is 12.6 Å². The highest BCUT2D eigenvalue weighted by Gasteiger charge is 2.10. The first-order chi connectivity index (χ1) is 8.21. The van der Waals surface area contributed by atoms with Crippen molar-refractivity contribution in [2.75, 3.05) is 45.0 Å². The Morgan fingerprint density at radius 3 is 1.82 bits per heavy atom. The van der Waals surface area contributed by atoms with E-state index in [4.69, 9.17) is 0 Å². The second-order valence-electron chi connectivity index (χ2n) is 4.73. The van der Waals surface area contributed by atoms with Crippen LogP contribution in [0.2, 0.25) is 0 Å². The number of hydrogen-bond donors (Lipinski definition) is 1. The molecule has 0 aromatic rings. The molecule has 0 saturated carbocycles. The Labute approximate surface area is 114 Å². The molecular weight excluding hydrogens is 228 g/mol. The smallest absolute Gasteiger partial charge is 0.00172 e. The Kier molecular flexibility index (Phi) is 11.5. The van der Waals surface area contributed by atoms with E-state index in [1.165, 1.54) is 52.1 Å². The van der Waals surface area contributed by atoms with Crippen molar-refractivity contribution in [2.45, 2.75) is 40.5 Å². The molecule has 1 atom stereocenters. The minimum Gasteiger partial charge on any atom is -0.304 e. The van der Waals surface area contributed by atoms with E-state index in [-0.39, 0.29) is 0 Å². The van der Waals surface area contributed by atoms with Crippen molar-refractivity contribution in [1.29, 1.82) is 0 Å². The quantitative estimate of drug-likeness (QED) is 0.571. The summed E-state index contributed by atoms with van der Waals surface area (Å²) < 4.78 is 0. The zero-order valence-electron chi connectivity index (χ0n) is 12.3. The maximum Gasteiger partial charge on any atom is 0.00172 e. The zero-order chi connectivity index (χ0) is 13.1. The van der Waals surface area contributed by atoms with E-state index in [0.717, 1.165) is 11.7 Å². The van der Waals surface area contributed by atoms with Crippen LogP contribution in [-0.4, -0.2) is 54.8 Å². The van der Waals surface area contributed by atoms with E-state index in [1.54, 1.807) is 0 Å². The van der Waals surface area contributed by atoms with Gasteiger partial charge in [0.25, 0.3) is 0 Å². The largest absolute Gasteiger partial charge is 0.304 e. The van der Waals surface area contributed by atoms with Gasteiger partial charge in [-0.25, -0.2) is 0 Å². The van der Waals surface area contributed by atoms with Crippen molar-refractivity contribution < 1.29 is 0 Å². The van der Waals surface area contributed by atoms with Crippen molar-refractivity contribution in [3.05, 3.63) is 0 Å². The fourth-order valence-electron chi connectivity index (χ4n) is 2.12. The Morgan fingerprint density at radius 2 is 1.41 bits per heavy atom. The van der Waals surface area contributed by atoms with Crippen LogP contribution in [0.5, 0.6) is 0 Å². The molecule has 0 saturated heterocycles. The molecule has 0 aromatic carbocycles. The van der Waals surface area contributed by atoms with Crippen LogP contribution in [0.25, 0.3) is 0 Å². The molecule has 0 aliphatic carbocycles. The first kappa shape index (κ1) is 17.3. The lowest BCUT2D eigenvalue weighted by atomic mass is 10.1. The van der Waals surface area contributed by atoms with Gasteiger partial charge in [0.1, 0.15) is 0 Å². The lowest BCUT2D eigenvalue weighted by Gasteiger charge is -2.26. The average Bonchev–Trinajstić information content (AvgIpc) is 2.38. The van der Waals surface area contributed by atoms with Crippen LogP contribution in [0.15, 0.2) is 0 Å². The third-order valence-electron chi connectivity index (χ3n) is 3.64. The fourth-order valence-corrected chi connectivity index (χ4v) is 2.49. The molecule has 0 spiro atoms. The highest BCUT2D eigenvalue weighted by Crippen LogP contribution is 2.08. The van der Waals surface area contributed by atoms with Gasteiger partial charge >= 0.3 is 0 Å². The number of rotatable bonds is 11. The van der Waals surface area contributed by atoms with Crippen LogP contribution in [0.1, 0.15) is 40.5 Å². The minimum atomic E-state index is 0.756. The van der Waals surface area contributed by atoms with Crippen LogP contribution in [0.3, 0.4) is 0 Å². The second kappa shape index (κ2) is 11.4. The number of nitrogens with zero attached hydrogens (tertiary/aromatic N) is 2. The maximum absolute atomic E-state index is 4.43. The van der Waals surface area contributed by atoms with E-state index >= 15 is 0 Å². The second-order valence-corrected chi connectivity index (χ2v) is 5.10. The molecular formula is C14H32N2S. The Balaban J connectivity index is 3.81. The van der Waals surface area contributed by atoms with E-state index in [0.29, 0.717) is 0 Å². The van der Waals surface area contributed by atoms with Crippen LogP contribution < -0.4 is 0 Å². The van der Waals surface area contributed by atoms with Gasteiger partial charge in [-0.1, -0.05) is 34.1 Å². The summed E-state index contributed by atoms with van der Waals surface area (Å²) in [6.45, 7) is 16.2. The number of hydrogen-bond acceptors (Lipinski definition) is 3. The summed E-state index contributed by atoms with van der Waals surface area (Å²) in [5.41, 5.74) is 0. The molecule has 0 bridgehead atoms. The third-order valence-corrected chi connectivity index (χ3v) is 4.16. The van der Waals surface area contributed by atoms with E-state index < -0.39 is 0 Å². The molecule has 3 heteroatoms. The fraction of sp³-hybridized carbons (Fsp3) is 1.00. The van der Waals surface area contributed by atoms with Crippen LogP contribution in [0, 0.1) is 5.92 Å². The van der Waals surface area contributed by atoms with Crippen molar-refractivity contribution in [3.63, 3.8) is 0 Å². The van der Waals surface area contributed by atoms with Crippen molar-refractivity contribution in [1.82, 2.24) is 9.80 Å². The van der Waals surface area contributed by atoms with Gasteiger partial charge in [-0.05, 0) is 50.8 Å². The Bertz CT molecular complexity index is 156. The molecule has 0 aromatic heterocycles. The Hall–Kier alpha value is 0.270. The standard InChI is InChI=1S/C14H32N2S/c1-5-14(13-17)12-16(8-4)11-9-10-15(6-2)7-3/h14,17H,5-13H2,1-4H3. The average molecular weight is 260 g/mol. The van der Waals surface area contributed by atoms with Gasteiger partial charge in [0.15, 0.2) is 0 Å². The van der Waals surface area contributed by atoms with Crippen molar-refractivity contribution in [3.8, 4) is 0 Å². The molecule has 0 aliphatic rings. The van der Waals surface area contributed by atoms with Gasteiger partial charge in [0.05, 0.1) is 0 Å². The molecule has 2 nitrogen and oxygen atoms in total. The predicted molar refractivity (Wildman–Crippen MR) is 82.2 cm³/mol. The summed E-state index contributed by atoms with van der Waals surface area (Å²) >= 11 is 4.43. The highest BCUT2D eigenvalue weighted by atomic mass is 32.1. The van der Waals surface area contributed by atoms with Gasteiger partial charge < -0.3 is 9.80 Å². The first-order valence-electron chi connectivity index (χ1n) is 7.27. The predicted octanol–water partition coefficient (Wildman–Crippen LogP) is 3.00. The van der Waals surface area contributed by atoms with Gasteiger partial charge in [0.2, 0.25) is 0 Å². The summed E-state index contributed by atoms with van der Waals surface area (Å²) in [6, 6.07) is 0. The van der Waals surface area contributed by atoms with E-state index in [2.05, 4.69) is 50.1 Å². The molecule has 0 heterocycles. The molecule has 0 N–H and O–H groups in total. The summed E-state index contributed by atoms with van der Waals surface area (Å²) in [7, 11) is 0. The summed E-state index contributed by atoms with van der Waals surface area (Å²) in [5, 5.41) is 0. The maximum atomic E-state index is 4.43. The van der Waals surface area contributed by atoms with Crippen LogP contribution >= 0.6 is 12.6 Å². The molecule has 104 valence electrons. The monoisotopic (exact) mass is 260 g/mol. The van der Waals surface area contributed by atoms with Gasteiger partial charge in [-0.3, -0.25) is 0 Å². The lowest BCUT2D eigenvalue weighted by Crippen LogP contribution is -2.33. The van der Waals surface area contributed by atoms with Crippen LogP contribution in [0.4, 0.5) is 0 Å². The van der Waals surface area contributed by atoms with Crippen molar-refractivity contribution in [2.24, 2.45) is 5.92 Å². The third kappa shape index (κ3) is 8.06. The summed E-state index contributed by atoms with van der Waals surface area (Å²) in [6.07, 6.45) is 2.54.